The molecular formula is C18H20N2O3. The number of hydrogen-bond acceptors (Lipinski definition) is 4. The molecule has 0 spiro atoms. The summed E-state index contributed by atoms with van der Waals surface area (Å²) < 4.78 is 5.17. The topological polar surface area (TPSA) is 81.4 Å². The van der Waals surface area contributed by atoms with Crippen LogP contribution in [0.25, 0.3) is 0 Å². The second-order valence-corrected chi connectivity index (χ2v) is 5.46. The second-order valence-electron chi connectivity index (χ2n) is 5.46. The highest BCUT2D eigenvalue weighted by atomic mass is 16.5. The maximum absolute atomic E-state index is 12.1. The van der Waals surface area contributed by atoms with Gasteiger partial charge >= 0.3 is 5.97 Å². The van der Waals surface area contributed by atoms with E-state index in [-0.39, 0.29) is 5.91 Å². The fraction of sp³-hybridized carbons (Fsp3) is 0.222. The molecule has 1 atom stereocenters. The lowest BCUT2D eigenvalue weighted by molar-refractivity contribution is -0.123. The summed E-state index contributed by atoms with van der Waals surface area (Å²) in [5, 5.41) is 2.74. The second kappa shape index (κ2) is 6.96. The lowest BCUT2D eigenvalue weighted by atomic mass is 10.1. The Morgan fingerprint density at radius 1 is 1.09 bits per heavy atom. The Labute approximate surface area is 135 Å². The minimum atomic E-state index is -0.912. The molecule has 0 saturated carbocycles. The third-order valence-corrected chi connectivity index (χ3v) is 3.55. The fourth-order valence-electron chi connectivity index (χ4n) is 2.01. The van der Waals surface area contributed by atoms with Crippen LogP contribution in [0, 0.1) is 13.8 Å². The number of rotatable bonds is 4. The number of benzene rings is 2. The van der Waals surface area contributed by atoms with Gasteiger partial charge in [-0.3, -0.25) is 4.79 Å². The summed E-state index contributed by atoms with van der Waals surface area (Å²) >= 11 is 0. The van der Waals surface area contributed by atoms with Crippen LogP contribution in [-0.2, 0) is 9.53 Å². The van der Waals surface area contributed by atoms with E-state index in [9.17, 15) is 9.59 Å². The van der Waals surface area contributed by atoms with Crippen LogP contribution < -0.4 is 11.1 Å². The quantitative estimate of drug-likeness (QED) is 0.671. The lowest BCUT2D eigenvalue weighted by Crippen LogP contribution is -2.30. The standard InChI is InChI=1S/C18H20N2O3/c1-11-7-8-16(9-12(11)2)20-17(21)13(3)23-18(22)14-5-4-6-15(19)10-14/h4-10,13H,19H2,1-3H3,(H,20,21). The average molecular weight is 312 g/mol. The molecule has 0 aliphatic carbocycles. The van der Waals surface area contributed by atoms with E-state index in [2.05, 4.69) is 5.32 Å². The third kappa shape index (κ3) is 4.32. The van der Waals surface area contributed by atoms with Gasteiger partial charge < -0.3 is 15.8 Å². The minimum absolute atomic E-state index is 0.316. The molecule has 3 N–H and O–H groups in total. The lowest BCUT2D eigenvalue weighted by Gasteiger charge is -2.14. The van der Waals surface area contributed by atoms with Crippen LogP contribution in [0.1, 0.15) is 28.4 Å². The van der Waals surface area contributed by atoms with E-state index in [4.69, 9.17) is 10.5 Å². The van der Waals surface area contributed by atoms with Crippen LogP contribution in [0.3, 0.4) is 0 Å². The molecule has 2 aromatic carbocycles. The van der Waals surface area contributed by atoms with Crippen molar-refractivity contribution >= 4 is 23.3 Å². The minimum Gasteiger partial charge on any atom is -0.449 e. The first-order valence-electron chi connectivity index (χ1n) is 7.31. The molecule has 120 valence electrons. The molecule has 5 nitrogen and oxygen atoms in total. The summed E-state index contributed by atoms with van der Waals surface area (Å²) in [5.74, 6) is -0.967. The van der Waals surface area contributed by atoms with Crippen molar-refractivity contribution in [2.75, 3.05) is 11.1 Å². The molecule has 0 aromatic heterocycles. The largest absolute Gasteiger partial charge is 0.449 e. The number of esters is 1. The van der Waals surface area contributed by atoms with E-state index < -0.39 is 12.1 Å². The van der Waals surface area contributed by atoms with E-state index in [0.717, 1.165) is 11.1 Å². The van der Waals surface area contributed by atoms with E-state index in [1.807, 2.05) is 32.0 Å². The zero-order chi connectivity index (χ0) is 17.0. The first kappa shape index (κ1) is 16.5. The van der Waals surface area contributed by atoms with E-state index >= 15 is 0 Å². The van der Waals surface area contributed by atoms with Gasteiger partial charge in [0.15, 0.2) is 6.10 Å². The monoisotopic (exact) mass is 312 g/mol. The number of nitrogens with two attached hydrogens (primary N) is 1. The molecule has 0 radical (unpaired) electrons. The zero-order valence-electron chi connectivity index (χ0n) is 13.4. The molecule has 2 rings (SSSR count). The number of nitrogen functional groups attached to an aromatic ring is 1. The maximum Gasteiger partial charge on any atom is 0.338 e. The van der Waals surface area contributed by atoms with Gasteiger partial charge in [-0.2, -0.15) is 0 Å². The molecule has 1 amide bonds. The number of hydrogen-bond donors (Lipinski definition) is 2. The predicted octanol–water partition coefficient (Wildman–Crippen LogP) is 3.07. The molecule has 5 heteroatoms. The van der Waals surface area contributed by atoms with Gasteiger partial charge in [0.25, 0.3) is 5.91 Å². The first-order valence-corrected chi connectivity index (χ1v) is 7.31. The van der Waals surface area contributed by atoms with E-state index in [0.29, 0.717) is 16.9 Å². The van der Waals surface area contributed by atoms with Gasteiger partial charge in [-0.15, -0.1) is 0 Å². The van der Waals surface area contributed by atoms with E-state index in [1.54, 1.807) is 18.2 Å². The average Bonchev–Trinajstić information content (AvgIpc) is 2.50. The number of anilines is 2. The van der Waals surface area contributed by atoms with Gasteiger partial charge in [-0.05, 0) is 62.2 Å². The fourth-order valence-corrected chi connectivity index (χ4v) is 2.01. The highest BCUT2D eigenvalue weighted by molar-refractivity contribution is 5.97. The molecule has 0 aliphatic heterocycles. The van der Waals surface area contributed by atoms with Crippen LogP contribution in [-0.4, -0.2) is 18.0 Å². The molecule has 0 saturated heterocycles. The molecule has 2 aromatic rings. The molecule has 0 fully saturated rings. The molecule has 0 bridgehead atoms. The molecule has 0 heterocycles. The Kier molecular flexibility index (Phi) is 5.01. The van der Waals surface area contributed by atoms with E-state index in [1.165, 1.54) is 13.0 Å². The van der Waals surface area contributed by atoms with Crippen molar-refractivity contribution in [3.05, 3.63) is 59.2 Å². The van der Waals surface area contributed by atoms with Gasteiger partial charge in [0.1, 0.15) is 0 Å². The summed E-state index contributed by atoms with van der Waals surface area (Å²) in [6, 6.07) is 12.0. The molecule has 0 aliphatic rings. The normalized spacial score (nSPS) is 11.6. The Hall–Kier alpha value is -2.82. The van der Waals surface area contributed by atoms with Crippen molar-refractivity contribution in [2.45, 2.75) is 26.9 Å². The zero-order valence-corrected chi connectivity index (χ0v) is 13.4. The van der Waals surface area contributed by atoms with Crippen molar-refractivity contribution in [1.82, 2.24) is 0 Å². The summed E-state index contributed by atoms with van der Waals surface area (Å²) in [6.07, 6.45) is -0.912. The Morgan fingerprint density at radius 2 is 1.83 bits per heavy atom. The van der Waals surface area contributed by atoms with Gasteiger partial charge in [0.05, 0.1) is 5.56 Å². The van der Waals surface area contributed by atoms with Gasteiger partial charge in [-0.1, -0.05) is 12.1 Å². The first-order chi connectivity index (χ1) is 10.9. The van der Waals surface area contributed by atoms with Crippen LogP contribution in [0.15, 0.2) is 42.5 Å². The highest BCUT2D eigenvalue weighted by Crippen LogP contribution is 2.15. The predicted molar refractivity (Wildman–Crippen MR) is 90.3 cm³/mol. The smallest absolute Gasteiger partial charge is 0.338 e. The van der Waals surface area contributed by atoms with Crippen LogP contribution >= 0.6 is 0 Å². The summed E-state index contributed by atoms with van der Waals surface area (Å²) in [6.45, 7) is 5.49. The van der Waals surface area contributed by atoms with Crippen LogP contribution in [0.5, 0.6) is 0 Å². The number of carbonyl (C=O) groups is 2. The van der Waals surface area contributed by atoms with Gasteiger partial charge in [-0.25, -0.2) is 4.79 Å². The molecule has 23 heavy (non-hydrogen) atoms. The number of carbonyl (C=O) groups excluding carboxylic acids is 2. The van der Waals surface area contributed by atoms with Crippen molar-refractivity contribution in [2.24, 2.45) is 0 Å². The van der Waals surface area contributed by atoms with Crippen molar-refractivity contribution < 1.29 is 14.3 Å². The van der Waals surface area contributed by atoms with Crippen LogP contribution in [0.4, 0.5) is 11.4 Å². The number of nitrogens with one attached hydrogen (secondary N) is 1. The third-order valence-electron chi connectivity index (χ3n) is 3.55. The molecule has 1 unspecified atom stereocenters. The number of aryl methyl sites for hydroxylation is 2. The van der Waals surface area contributed by atoms with Crippen molar-refractivity contribution in [3.63, 3.8) is 0 Å². The number of amides is 1. The number of ether oxygens (including phenoxy) is 1. The summed E-state index contributed by atoms with van der Waals surface area (Å²) in [5.41, 5.74) is 9.30. The Morgan fingerprint density at radius 3 is 2.48 bits per heavy atom. The summed E-state index contributed by atoms with van der Waals surface area (Å²) in [7, 11) is 0. The van der Waals surface area contributed by atoms with Gasteiger partial charge in [0, 0.05) is 11.4 Å². The Bertz CT molecular complexity index is 741. The van der Waals surface area contributed by atoms with Crippen molar-refractivity contribution in [3.8, 4) is 0 Å². The van der Waals surface area contributed by atoms with Crippen LogP contribution in [0.2, 0.25) is 0 Å². The Balaban J connectivity index is 1.99. The SMILES string of the molecule is Cc1ccc(NC(=O)C(C)OC(=O)c2cccc(N)c2)cc1C. The highest BCUT2D eigenvalue weighted by Gasteiger charge is 2.19. The molecular weight excluding hydrogens is 292 g/mol. The van der Waals surface area contributed by atoms with Gasteiger partial charge in [0.2, 0.25) is 0 Å². The maximum atomic E-state index is 12.1. The summed E-state index contributed by atoms with van der Waals surface area (Å²) in [4.78, 5) is 24.1. The van der Waals surface area contributed by atoms with Crippen molar-refractivity contribution in [1.29, 1.82) is 0 Å².